The first-order chi connectivity index (χ1) is 23.8. The zero-order valence-corrected chi connectivity index (χ0v) is 28.0. The molecule has 1 heterocycles. The molecule has 0 spiro atoms. The number of halogens is 4. The van der Waals surface area contributed by atoms with Crippen LogP contribution in [0.1, 0.15) is 36.0 Å². The van der Waals surface area contributed by atoms with Crippen molar-refractivity contribution >= 4 is 27.7 Å². The molecule has 1 aliphatic rings. The molecule has 264 valence electrons. The highest BCUT2D eigenvalue weighted by Gasteiger charge is 2.40. The number of piperazine rings is 1. The summed E-state index contributed by atoms with van der Waals surface area (Å²) in [6.45, 7) is 2.41. The van der Waals surface area contributed by atoms with E-state index >= 15 is 4.39 Å². The Kier molecular flexibility index (Phi) is 11.4. The van der Waals surface area contributed by atoms with Gasteiger partial charge in [0.05, 0.1) is 23.7 Å². The Morgan fingerprint density at radius 1 is 0.900 bits per heavy atom. The molecule has 0 unspecified atom stereocenters. The van der Waals surface area contributed by atoms with E-state index in [9.17, 15) is 31.2 Å². The smallest absolute Gasteiger partial charge is 0.420 e. The van der Waals surface area contributed by atoms with Crippen LogP contribution in [0.2, 0.25) is 0 Å². The van der Waals surface area contributed by atoms with Crippen LogP contribution in [0.5, 0.6) is 0 Å². The van der Waals surface area contributed by atoms with Crippen LogP contribution in [0, 0.1) is 23.3 Å². The second-order valence-electron chi connectivity index (χ2n) is 12.0. The summed E-state index contributed by atoms with van der Waals surface area (Å²) in [7, 11) is -2.94. The lowest BCUT2D eigenvalue weighted by Crippen LogP contribution is -2.58. The Bertz CT molecular complexity index is 1930. The monoisotopic (exact) mass is 712 g/mol. The fraction of sp³-hybridized carbons (Fsp3) is 0.278. The first kappa shape index (κ1) is 36.6. The van der Waals surface area contributed by atoms with Crippen molar-refractivity contribution < 1.29 is 40.3 Å². The van der Waals surface area contributed by atoms with Gasteiger partial charge in [0.25, 0.3) is 5.91 Å². The van der Waals surface area contributed by atoms with E-state index < -0.39 is 69.3 Å². The molecular weight excluding hydrogens is 676 g/mol. The van der Waals surface area contributed by atoms with Gasteiger partial charge in [-0.25, -0.2) is 35.7 Å². The van der Waals surface area contributed by atoms with Crippen LogP contribution in [0.25, 0.3) is 0 Å². The lowest BCUT2D eigenvalue weighted by atomic mass is 9.84. The first-order valence-corrected chi connectivity index (χ1v) is 17.2. The molecule has 1 fully saturated rings. The highest BCUT2D eigenvalue weighted by atomic mass is 32.2. The van der Waals surface area contributed by atoms with Crippen molar-refractivity contribution in [1.29, 1.82) is 0 Å². The van der Waals surface area contributed by atoms with Crippen LogP contribution in [0.3, 0.4) is 0 Å². The number of nitrogens with one attached hydrogen (secondary N) is 1. The summed E-state index contributed by atoms with van der Waals surface area (Å²) in [4.78, 5) is 28.2. The number of ether oxygens (including phenoxy) is 1. The van der Waals surface area contributed by atoms with Gasteiger partial charge in [-0.15, -0.1) is 0 Å². The summed E-state index contributed by atoms with van der Waals surface area (Å²) in [6.07, 6.45) is -1.25. The van der Waals surface area contributed by atoms with Gasteiger partial charge in [0, 0.05) is 42.7 Å². The number of methoxy groups -OCH3 is 1. The molecule has 9 nitrogen and oxygen atoms in total. The largest absolute Gasteiger partial charge is 0.452 e. The minimum absolute atomic E-state index is 0.0714. The van der Waals surface area contributed by atoms with Gasteiger partial charge in [0.15, 0.2) is 0 Å². The maximum absolute atomic E-state index is 15.7. The molecule has 5 rings (SSSR count). The van der Waals surface area contributed by atoms with E-state index in [0.717, 1.165) is 37.4 Å². The standard InChI is InChI=1S/C36H36F4N4O5S/c1-22-20-42-21-28(44(22)50(47,48)29-7-4-3-5-8-29)15-16-30-31(40)9-6-10-32(30)43(36(46)49-2)35(45)34(41)33(23-11-13-25(37)14-12-23)24-17-26(38)19-27(39)18-24/h3-14,17-19,22,28,33-34,42H,15-16,20-21,41H2,1-2H3/t22-,28-,33-,34-/m0/s1. The Hall–Kier alpha value is -4.63. The zero-order chi connectivity index (χ0) is 36.2. The molecule has 4 atom stereocenters. The van der Waals surface area contributed by atoms with Gasteiger partial charge in [-0.3, -0.25) is 4.79 Å². The van der Waals surface area contributed by atoms with Crippen LogP contribution in [0.4, 0.5) is 28.0 Å². The summed E-state index contributed by atoms with van der Waals surface area (Å²) >= 11 is 0. The number of hydrogen-bond acceptors (Lipinski definition) is 7. The van der Waals surface area contributed by atoms with E-state index in [0.29, 0.717) is 17.5 Å². The molecule has 3 N–H and O–H groups in total. The number of carbonyl (C=O) groups excluding carboxylic acids is 2. The quantitative estimate of drug-likeness (QED) is 0.209. The van der Waals surface area contributed by atoms with Gasteiger partial charge >= 0.3 is 6.09 Å². The van der Waals surface area contributed by atoms with E-state index in [1.807, 2.05) is 0 Å². The average Bonchev–Trinajstić information content (AvgIpc) is 3.08. The summed E-state index contributed by atoms with van der Waals surface area (Å²) in [5, 5.41) is 3.21. The second kappa shape index (κ2) is 15.5. The van der Waals surface area contributed by atoms with Crippen molar-refractivity contribution in [1.82, 2.24) is 9.62 Å². The molecule has 14 heteroatoms. The molecule has 0 saturated carbocycles. The number of nitrogens with two attached hydrogens (primary N) is 1. The van der Waals surface area contributed by atoms with E-state index in [2.05, 4.69) is 5.32 Å². The molecule has 1 aliphatic heterocycles. The van der Waals surface area contributed by atoms with Crippen molar-refractivity contribution in [2.45, 2.75) is 48.7 Å². The van der Waals surface area contributed by atoms with Crippen LogP contribution >= 0.6 is 0 Å². The molecule has 0 bridgehead atoms. The molecule has 4 aromatic rings. The molecular formula is C36H36F4N4O5S. The SMILES string of the molecule is COC(=O)N(C(=O)[C@@H](N)[C@@H](c1ccc(F)cc1)c1cc(F)cc(F)c1)c1cccc(F)c1CC[C@H]1CNC[C@H](C)N1S(=O)(=O)c1ccccc1. The minimum atomic E-state index is -3.95. The summed E-state index contributed by atoms with van der Waals surface area (Å²) in [6, 6.07) is 16.2. The molecule has 1 saturated heterocycles. The minimum Gasteiger partial charge on any atom is -0.452 e. The predicted octanol–water partition coefficient (Wildman–Crippen LogP) is 5.49. The van der Waals surface area contributed by atoms with Crippen molar-refractivity contribution in [2.24, 2.45) is 5.73 Å². The average molecular weight is 713 g/mol. The van der Waals surface area contributed by atoms with Crippen LogP contribution in [-0.4, -0.2) is 63.0 Å². The maximum Gasteiger partial charge on any atom is 0.420 e. The first-order valence-electron chi connectivity index (χ1n) is 15.8. The highest BCUT2D eigenvalue weighted by Crippen LogP contribution is 2.34. The van der Waals surface area contributed by atoms with Crippen LogP contribution < -0.4 is 16.0 Å². The zero-order valence-electron chi connectivity index (χ0n) is 27.2. The van der Waals surface area contributed by atoms with Crippen molar-refractivity contribution in [2.75, 3.05) is 25.1 Å². The number of anilines is 1. The molecule has 0 radical (unpaired) electrons. The number of nitrogens with zero attached hydrogens (tertiary/aromatic N) is 2. The van der Waals surface area contributed by atoms with Gasteiger partial charge < -0.3 is 15.8 Å². The summed E-state index contributed by atoms with van der Waals surface area (Å²) in [5.41, 5.74) is 6.33. The Morgan fingerprint density at radius 3 is 2.20 bits per heavy atom. The topological polar surface area (TPSA) is 122 Å². The van der Waals surface area contributed by atoms with E-state index in [4.69, 9.17) is 10.5 Å². The number of amides is 2. The number of imide groups is 1. The third kappa shape index (κ3) is 7.73. The maximum atomic E-state index is 15.7. The number of rotatable bonds is 10. The fourth-order valence-corrected chi connectivity index (χ4v) is 8.28. The molecule has 50 heavy (non-hydrogen) atoms. The normalized spacial score (nSPS) is 17.9. The summed E-state index contributed by atoms with van der Waals surface area (Å²) < 4.78 is 92.2. The number of sulfonamides is 1. The molecule has 4 aromatic carbocycles. The number of carbonyl (C=O) groups is 2. The van der Waals surface area contributed by atoms with Gasteiger partial charge in [-0.1, -0.05) is 36.4 Å². The fourth-order valence-electron chi connectivity index (χ4n) is 6.41. The Balaban J connectivity index is 1.51. The highest BCUT2D eigenvalue weighted by molar-refractivity contribution is 7.89. The van der Waals surface area contributed by atoms with Crippen LogP contribution in [0.15, 0.2) is 95.9 Å². The van der Waals surface area contributed by atoms with Gasteiger partial charge in [0.2, 0.25) is 10.0 Å². The Labute approximate surface area is 287 Å². The third-order valence-corrected chi connectivity index (χ3v) is 10.8. The number of benzene rings is 4. The lowest BCUT2D eigenvalue weighted by Gasteiger charge is -2.40. The predicted molar refractivity (Wildman–Crippen MR) is 179 cm³/mol. The lowest BCUT2D eigenvalue weighted by molar-refractivity contribution is -0.119. The number of hydrogen-bond donors (Lipinski definition) is 2. The summed E-state index contributed by atoms with van der Waals surface area (Å²) in [5.74, 6) is -5.71. The van der Waals surface area contributed by atoms with Crippen LogP contribution in [-0.2, 0) is 26.0 Å². The second-order valence-corrected chi connectivity index (χ2v) is 13.8. The van der Waals surface area contributed by atoms with Gasteiger partial charge in [-0.2, -0.15) is 4.31 Å². The van der Waals surface area contributed by atoms with E-state index in [-0.39, 0.29) is 46.7 Å². The van der Waals surface area contributed by atoms with Gasteiger partial charge in [-0.05, 0) is 79.4 Å². The molecule has 0 aromatic heterocycles. The Morgan fingerprint density at radius 2 is 1.56 bits per heavy atom. The van der Waals surface area contributed by atoms with Crippen molar-refractivity contribution in [3.05, 3.63) is 131 Å². The van der Waals surface area contributed by atoms with E-state index in [1.54, 1.807) is 25.1 Å². The van der Waals surface area contributed by atoms with Crippen molar-refractivity contribution in [3.8, 4) is 0 Å². The van der Waals surface area contributed by atoms with Crippen molar-refractivity contribution in [3.63, 3.8) is 0 Å². The molecule has 0 aliphatic carbocycles. The van der Waals surface area contributed by atoms with Gasteiger partial charge in [0.1, 0.15) is 23.3 Å². The van der Waals surface area contributed by atoms with E-state index in [1.165, 1.54) is 40.7 Å². The molecule has 2 amide bonds. The third-order valence-electron chi connectivity index (χ3n) is 8.69.